The van der Waals surface area contributed by atoms with E-state index in [4.69, 9.17) is 5.11 Å². The summed E-state index contributed by atoms with van der Waals surface area (Å²) in [7, 11) is 0. The largest absolute Gasteiger partial charge is 0.481 e. The third-order valence-electron chi connectivity index (χ3n) is 2.34. The monoisotopic (exact) mass is 236 g/mol. The van der Waals surface area contributed by atoms with Gasteiger partial charge in [-0.2, -0.15) is 0 Å². The molecular formula is C8H13BrO3. The maximum absolute atomic E-state index is 10.9. The molecule has 0 aromatic carbocycles. The molecule has 0 saturated carbocycles. The van der Waals surface area contributed by atoms with Crippen molar-refractivity contribution in [1.29, 1.82) is 0 Å². The number of carbonyl (C=O) groups is 2. The van der Waals surface area contributed by atoms with Crippen molar-refractivity contribution >= 4 is 28.2 Å². The smallest absolute Gasteiger partial charge is 0.311 e. The molecule has 0 amide bonds. The summed E-state index contributed by atoms with van der Waals surface area (Å²) in [6, 6.07) is 0. The summed E-state index contributed by atoms with van der Waals surface area (Å²) in [6.45, 7) is 3.55. The lowest BCUT2D eigenvalue weighted by Crippen LogP contribution is -2.39. The molecule has 0 aliphatic carbocycles. The summed E-state index contributed by atoms with van der Waals surface area (Å²) in [4.78, 5) is 20.8. The number of halogens is 1. The fourth-order valence-corrected chi connectivity index (χ4v) is 2.03. The Balaban J connectivity index is 4.80. The average molecular weight is 237 g/mol. The first-order valence-corrected chi connectivity index (χ1v) is 4.79. The van der Waals surface area contributed by atoms with E-state index in [0.29, 0.717) is 19.1 Å². The van der Waals surface area contributed by atoms with Gasteiger partial charge in [-0.1, -0.05) is 29.8 Å². The van der Waals surface area contributed by atoms with Gasteiger partial charge in [-0.3, -0.25) is 4.79 Å². The summed E-state index contributed by atoms with van der Waals surface area (Å²) < 4.78 is 0. The van der Waals surface area contributed by atoms with Crippen LogP contribution in [-0.4, -0.2) is 22.2 Å². The third kappa shape index (κ3) is 1.86. The lowest BCUT2D eigenvalue weighted by Gasteiger charge is -2.28. The van der Waals surface area contributed by atoms with Gasteiger partial charge in [0.15, 0.2) is 0 Å². The van der Waals surface area contributed by atoms with E-state index in [2.05, 4.69) is 15.9 Å². The van der Waals surface area contributed by atoms with Crippen molar-refractivity contribution in [3.63, 3.8) is 0 Å². The number of aldehydes is 1. The van der Waals surface area contributed by atoms with Crippen LogP contribution in [0.1, 0.15) is 26.7 Å². The standard InChI is InChI=1S/C8H13BrO3/c1-3-8(4-2,7(11)12)6(9)5-10/h5-6H,3-4H2,1-2H3,(H,11,12). The molecule has 12 heavy (non-hydrogen) atoms. The fraction of sp³-hybridized carbons (Fsp3) is 0.750. The molecule has 0 fully saturated rings. The van der Waals surface area contributed by atoms with Crippen molar-refractivity contribution in [1.82, 2.24) is 0 Å². The fourth-order valence-electron chi connectivity index (χ4n) is 1.19. The van der Waals surface area contributed by atoms with Gasteiger partial charge in [0.25, 0.3) is 0 Å². The Hall–Kier alpha value is -0.380. The SMILES string of the molecule is CCC(CC)(C(=O)O)C(Br)C=O. The number of carbonyl (C=O) groups excluding carboxylic acids is 1. The molecule has 0 rings (SSSR count). The van der Waals surface area contributed by atoms with E-state index >= 15 is 0 Å². The summed E-state index contributed by atoms with van der Waals surface area (Å²) in [5.41, 5.74) is -0.943. The molecule has 0 saturated heterocycles. The Labute approximate surface area is 80.3 Å². The van der Waals surface area contributed by atoms with E-state index in [1.165, 1.54) is 0 Å². The van der Waals surface area contributed by atoms with E-state index in [1.54, 1.807) is 13.8 Å². The first-order chi connectivity index (χ1) is 5.55. The first kappa shape index (κ1) is 11.6. The van der Waals surface area contributed by atoms with Gasteiger partial charge < -0.3 is 9.90 Å². The molecule has 0 bridgehead atoms. The second-order valence-electron chi connectivity index (χ2n) is 2.71. The van der Waals surface area contributed by atoms with Crippen LogP contribution in [0.4, 0.5) is 0 Å². The lowest BCUT2D eigenvalue weighted by atomic mass is 9.80. The zero-order chi connectivity index (χ0) is 9.78. The molecule has 3 nitrogen and oxygen atoms in total. The maximum atomic E-state index is 10.9. The highest BCUT2D eigenvalue weighted by Crippen LogP contribution is 2.34. The van der Waals surface area contributed by atoms with Crippen LogP contribution in [0.15, 0.2) is 0 Å². The average Bonchev–Trinajstić information content (AvgIpc) is 2.06. The normalized spacial score (nSPS) is 13.9. The van der Waals surface area contributed by atoms with Crippen LogP contribution in [0.5, 0.6) is 0 Å². The van der Waals surface area contributed by atoms with Crippen molar-refractivity contribution in [2.24, 2.45) is 5.41 Å². The molecule has 0 aromatic heterocycles. The molecule has 1 N–H and O–H groups in total. The molecule has 4 heteroatoms. The molecular weight excluding hydrogens is 224 g/mol. The van der Waals surface area contributed by atoms with E-state index in [9.17, 15) is 9.59 Å². The zero-order valence-electron chi connectivity index (χ0n) is 7.21. The van der Waals surface area contributed by atoms with Gasteiger partial charge in [0.2, 0.25) is 0 Å². The predicted octanol–water partition coefficient (Wildman–Crippen LogP) is 1.84. The minimum Gasteiger partial charge on any atom is -0.481 e. The highest BCUT2D eigenvalue weighted by Gasteiger charge is 2.41. The number of hydrogen-bond donors (Lipinski definition) is 1. The Morgan fingerprint density at radius 3 is 2.08 bits per heavy atom. The van der Waals surface area contributed by atoms with Gasteiger partial charge in [0, 0.05) is 0 Å². The maximum Gasteiger partial charge on any atom is 0.311 e. The summed E-state index contributed by atoms with van der Waals surface area (Å²) >= 11 is 3.07. The molecule has 1 atom stereocenters. The van der Waals surface area contributed by atoms with Crippen molar-refractivity contribution in [2.75, 3.05) is 0 Å². The molecule has 0 aromatic rings. The molecule has 0 radical (unpaired) electrons. The van der Waals surface area contributed by atoms with E-state index in [-0.39, 0.29) is 0 Å². The van der Waals surface area contributed by atoms with E-state index < -0.39 is 16.2 Å². The molecule has 70 valence electrons. The highest BCUT2D eigenvalue weighted by molar-refractivity contribution is 9.10. The van der Waals surface area contributed by atoms with Gasteiger partial charge in [-0.15, -0.1) is 0 Å². The third-order valence-corrected chi connectivity index (χ3v) is 3.43. The number of carboxylic acid groups (broad SMARTS) is 1. The summed E-state index contributed by atoms with van der Waals surface area (Å²) in [6.07, 6.45) is 1.54. The van der Waals surface area contributed by atoms with Gasteiger partial charge >= 0.3 is 5.97 Å². The van der Waals surface area contributed by atoms with E-state index in [0.717, 1.165) is 0 Å². The van der Waals surface area contributed by atoms with Crippen molar-refractivity contribution < 1.29 is 14.7 Å². The van der Waals surface area contributed by atoms with Gasteiger partial charge in [0.05, 0.1) is 10.2 Å². The topological polar surface area (TPSA) is 54.4 Å². The van der Waals surface area contributed by atoms with Crippen molar-refractivity contribution in [3.8, 4) is 0 Å². The molecule has 0 heterocycles. The first-order valence-electron chi connectivity index (χ1n) is 3.87. The highest BCUT2D eigenvalue weighted by atomic mass is 79.9. The minimum atomic E-state index is -0.943. The van der Waals surface area contributed by atoms with Crippen LogP contribution in [-0.2, 0) is 9.59 Å². The quantitative estimate of drug-likeness (QED) is 0.586. The number of alkyl halides is 1. The molecule has 1 unspecified atom stereocenters. The number of aliphatic carboxylic acids is 1. The van der Waals surface area contributed by atoms with Gasteiger partial charge in [-0.05, 0) is 12.8 Å². The van der Waals surface area contributed by atoms with Crippen LogP contribution in [0.3, 0.4) is 0 Å². The summed E-state index contributed by atoms with van der Waals surface area (Å²) in [5, 5.41) is 8.94. The van der Waals surface area contributed by atoms with Gasteiger partial charge in [0.1, 0.15) is 6.29 Å². The number of hydrogen-bond acceptors (Lipinski definition) is 2. The van der Waals surface area contributed by atoms with Crippen LogP contribution >= 0.6 is 15.9 Å². The van der Waals surface area contributed by atoms with Gasteiger partial charge in [-0.25, -0.2) is 0 Å². The summed E-state index contributed by atoms with van der Waals surface area (Å²) in [5.74, 6) is -0.915. The number of rotatable bonds is 5. The second-order valence-corrected chi connectivity index (χ2v) is 3.69. The van der Waals surface area contributed by atoms with Crippen molar-refractivity contribution in [3.05, 3.63) is 0 Å². The second kappa shape index (κ2) is 4.60. The van der Waals surface area contributed by atoms with Crippen LogP contribution in [0.2, 0.25) is 0 Å². The Kier molecular flexibility index (Phi) is 4.45. The Morgan fingerprint density at radius 2 is 2.00 bits per heavy atom. The minimum absolute atomic E-state index is 0.452. The molecule has 0 aliphatic heterocycles. The lowest BCUT2D eigenvalue weighted by molar-refractivity contribution is -0.150. The number of carboxylic acids is 1. The van der Waals surface area contributed by atoms with E-state index in [1.807, 2.05) is 0 Å². The Morgan fingerprint density at radius 1 is 1.58 bits per heavy atom. The van der Waals surface area contributed by atoms with Crippen LogP contribution in [0, 0.1) is 5.41 Å². The molecule has 0 aliphatic rings. The van der Waals surface area contributed by atoms with Crippen LogP contribution in [0.25, 0.3) is 0 Å². The Bertz CT molecular complexity index is 175. The molecule has 0 spiro atoms. The predicted molar refractivity (Wildman–Crippen MR) is 49.4 cm³/mol. The zero-order valence-corrected chi connectivity index (χ0v) is 8.80. The van der Waals surface area contributed by atoms with Crippen molar-refractivity contribution in [2.45, 2.75) is 31.5 Å². The van der Waals surface area contributed by atoms with Crippen LogP contribution < -0.4 is 0 Å².